The normalized spacial score (nSPS) is 29.3. The molecule has 6 nitrogen and oxygen atoms in total. The van der Waals surface area contributed by atoms with Crippen molar-refractivity contribution in [3.8, 4) is 0 Å². The molecule has 0 N–H and O–H groups in total. The van der Waals surface area contributed by atoms with Crippen molar-refractivity contribution < 1.29 is 18.8 Å². The van der Waals surface area contributed by atoms with E-state index in [1.807, 2.05) is 0 Å². The number of hydrazone groups is 1. The van der Waals surface area contributed by atoms with Crippen LogP contribution in [-0.4, -0.2) is 40.9 Å². The number of anilines is 1. The third kappa shape index (κ3) is 2.52. The largest absolute Gasteiger partial charge is 0.297 e. The fourth-order valence-corrected chi connectivity index (χ4v) is 4.13. The molecule has 0 bridgehead atoms. The number of carbonyl (C=O) groups is 3. The Kier molecular flexibility index (Phi) is 3.80. The Morgan fingerprint density at radius 1 is 1.07 bits per heavy atom. The minimum Gasteiger partial charge on any atom is -0.297 e. The summed E-state index contributed by atoms with van der Waals surface area (Å²) in [5.41, 5.74) is -0.370. The van der Waals surface area contributed by atoms with E-state index in [0.717, 1.165) is 4.90 Å². The highest BCUT2D eigenvalue weighted by Crippen LogP contribution is 2.47. The first-order chi connectivity index (χ1) is 12.7. The second-order valence-electron chi connectivity index (χ2n) is 8.12. The van der Waals surface area contributed by atoms with Crippen LogP contribution in [0.1, 0.15) is 20.8 Å². The van der Waals surface area contributed by atoms with E-state index in [1.54, 1.807) is 44.1 Å². The highest BCUT2D eigenvalue weighted by molar-refractivity contribution is 6.24. The monoisotopic (exact) mass is 369 g/mol. The van der Waals surface area contributed by atoms with Crippen LogP contribution in [0.15, 0.2) is 41.5 Å². The second kappa shape index (κ2) is 5.84. The lowest BCUT2D eigenvalue weighted by Gasteiger charge is -2.33. The number of ketones is 1. The number of rotatable bonds is 2. The molecule has 0 spiro atoms. The van der Waals surface area contributed by atoms with Gasteiger partial charge in [-0.1, -0.05) is 26.8 Å². The number of fused-ring (bicyclic) bond motifs is 3. The van der Waals surface area contributed by atoms with Crippen LogP contribution in [0.25, 0.3) is 0 Å². The minimum atomic E-state index is -0.806. The van der Waals surface area contributed by atoms with E-state index in [-0.39, 0.29) is 11.7 Å². The van der Waals surface area contributed by atoms with Crippen LogP contribution in [0.4, 0.5) is 10.1 Å². The van der Waals surface area contributed by atoms with Gasteiger partial charge in [0.2, 0.25) is 11.8 Å². The lowest BCUT2D eigenvalue weighted by Crippen LogP contribution is -2.49. The van der Waals surface area contributed by atoms with Crippen LogP contribution in [0.5, 0.6) is 0 Å². The Bertz CT molecular complexity index is 885. The SMILES string of the molecule is CC(C)(C)C(=O)[C@@H]1[C@@H]2C(=O)N(c3ccc(F)cc3)C(=O)[C@@H]2[C@@H]2C=CC=NN12. The van der Waals surface area contributed by atoms with E-state index in [9.17, 15) is 18.8 Å². The van der Waals surface area contributed by atoms with Crippen LogP contribution in [0, 0.1) is 23.1 Å². The van der Waals surface area contributed by atoms with Gasteiger partial charge in [0.1, 0.15) is 11.9 Å². The lowest BCUT2D eigenvalue weighted by atomic mass is 9.80. The maximum atomic E-state index is 13.3. The maximum absolute atomic E-state index is 13.3. The van der Waals surface area contributed by atoms with E-state index in [2.05, 4.69) is 5.10 Å². The Balaban J connectivity index is 1.79. The zero-order chi connectivity index (χ0) is 19.5. The summed E-state index contributed by atoms with van der Waals surface area (Å²) in [7, 11) is 0. The summed E-state index contributed by atoms with van der Waals surface area (Å²) < 4.78 is 13.3. The average Bonchev–Trinajstić information content (AvgIpc) is 3.08. The average molecular weight is 369 g/mol. The highest BCUT2D eigenvalue weighted by Gasteiger charge is 2.64. The molecule has 2 saturated heterocycles. The molecule has 2 fully saturated rings. The summed E-state index contributed by atoms with van der Waals surface area (Å²) in [4.78, 5) is 40.6. The van der Waals surface area contributed by atoms with E-state index in [1.165, 1.54) is 24.3 Å². The van der Waals surface area contributed by atoms with Crippen LogP contribution >= 0.6 is 0 Å². The minimum absolute atomic E-state index is 0.130. The van der Waals surface area contributed by atoms with Gasteiger partial charge in [-0.15, -0.1) is 0 Å². The third-order valence-electron chi connectivity index (χ3n) is 5.38. The number of imide groups is 1. The molecule has 3 heterocycles. The first-order valence-corrected chi connectivity index (χ1v) is 8.88. The molecule has 140 valence electrons. The van der Waals surface area contributed by atoms with Gasteiger partial charge in [0.25, 0.3) is 0 Å². The van der Waals surface area contributed by atoms with Crippen molar-refractivity contribution in [3.05, 3.63) is 42.2 Å². The summed E-state index contributed by atoms with van der Waals surface area (Å²) in [5, 5.41) is 5.89. The van der Waals surface area contributed by atoms with Gasteiger partial charge in [0.15, 0.2) is 5.78 Å². The Hall–Kier alpha value is -2.83. The number of hydrogen-bond acceptors (Lipinski definition) is 5. The lowest BCUT2D eigenvalue weighted by molar-refractivity contribution is -0.136. The fraction of sp³-hybridized carbons (Fsp3) is 0.400. The molecule has 27 heavy (non-hydrogen) atoms. The second-order valence-corrected chi connectivity index (χ2v) is 8.12. The van der Waals surface area contributed by atoms with Crippen LogP contribution in [0.2, 0.25) is 0 Å². The molecule has 0 aromatic heterocycles. The molecule has 3 aliphatic rings. The topological polar surface area (TPSA) is 70.0 Å². The molecular weight excluding hydrogens is 349 g/mol. The van der Waals surface area contributed by atoms with Crippen molar-refractivity contribution >= 4 is 29.5 Å². The van der Waals surface area contributed by atoms with Gasteiger partial charge in [-0.05, 0) is 30.3 Å². The highest BCUT2D eigenvalue weighted by atomic mass is 19.1. The summed E-state index contributed by atoms with van der Waals surface area (Å²) in [6.45, 7) is 5.38. The molecule has 7 heteroatoms. The summed E-state index contributed by atoms with van der Waals surface area (Å²) >= 11 is 0. The Morgan fingerprint density at radius 3 is 2.33 bits per heavy atom. The molecule has 2 amide bonds. The van der Waals surface area contributed by atoms with Gasteiger partial charge in [-0.25, -0.2) is 9.29 Å². The maximum Gasteiger partial charge on any atom is 0.240 e. The quantitative estimate of drug-likeness (QED) is 0.749. The van der Waals surface area contributed by atoms with Crippen LogP contribution < -0.4 is 4.90 Å². The molecule has 0 radical (unpaired) electrons. The molecule has 4 atom stereocenters. The summed E-state index contributed by atoms with van der Waals surface area (Å²) in [6, 6.07) is 3.97. The van der Waals surface area contributed by atoms with E-state index in [0.29, 0.717) is 5.69 Å². The molecule has 3 aliphatic heterocycles. The molecule has 4 rings (SSSR count). The fourth-order valence-electron chi connectivity index (χ4n) is 4.13. The Labute approximate surface area is 156 Å². The number of nitrogens with zero attached hydrogens (tertiary/aromatic N) is 3. The van der Waals surface area contributed by atoms with Gasteiger partial charge in [0.05, 0.1) is 23.6 Å². The van der Waals surface area contributed by atoms with Crippen LogP contribution in [0.3, 0.4) is 0 Å². The predicted octanol–water partition coefficient (Wildman–Crippen LogP) is 2.15. The smallest absolute Gasteiger partial charge is 0.240 e. The van der Waals surface area contributed by atoms with Crippen molar-refractivity contribution in [2.75, 3.05) is 4.90 Å². The van der Waals surface area contributed by atoms with Gasteiger partial charge < -0.3 is 0 Å². The molecule has 1 aromatic carbocycles. The van der Waals surface area contributed by atoms with Gasteiger partial charge in [-0.2, -0.15) is 5.10 Å². The molecule has 0 saturated carbocycles. The molecule has 0 unspecified atom stereocenters. The standard InChI is InChI=1S/C20H20FN3O3/c1-20(2,3)17(25)16-15-14(13-5-4-10-22-24(13)16)18(26)23(19(15)27)12-8-6-11(21)7-9-12/h4-10,13-16H,1-3H3/t13-,14+,15+,16-/m0/s1. The number of carbonyl (C=O) groups excluding carboxylic acids is 3. The van der Waals surface area contributed by atoms with Gasteiger partial charge in [-0.3, -0.25) is 19.4 Å². The number of hydrogen-bond donors (Lipinski definition) is 0. The van der Waals surface area contributed by atoms with Crippen LogP contribution in [-0.2, 0) is 14.4 Å². The zero-order valence-electron chi connectivity index (χ0n) is 15.3. The van der Waals surface area contributed by atoms with Gasteiger partial charge >= 0.3 is 0 Å². The number of benzene rings is 1. The summed E-state index contributed by atoms with van der Waals surface area (Å²) in [5.74, 6) is -2.88. The zero-order valence-corrected chi connectivity index (χ0v) is 15.3. The molecular formula is C20H20FN3O3. The Morgan fingerprint density at radius 2 is 1.70 bits per heavy atom. The molecule has 0 aliphatic carbocycles. The predicted molar refractivity (Wildman–Crippen MR) is 97.4 cm³/mol. The van der Waals surface area contributed by atoms with Crippen molar-refractivity contribution in [1.82, 2.24) is 5.01 Å². The van der Waals surface area contributed by atoms with E-state index in [4.69, 9.17) is 0 Å². The van der Waals surface area contributed by atoms with Crippen molar-refractivity contribution in [1.29, 1.82) is 0 Å². The third-order valence-corrected chi connectivity index (χ3v) is 5.38. The van der Waals surface area contributed by atoms with Crippen molar-refractivity contribution in [2.45, 2.75) is 32.9 Å². The summed E-state index contributed by atoms with van der Waals surface area (Å²) in [6.07, 6.45) is 5.09. The number of amides is 2. The van der Waals surface area contributed by atoms with Crippen molar-refractivity contribution in [2.24, 2.45) is 22.4 Å². The first-order valence-electron chi connectivity index (χ1n) is 8.88. The van der Waals surface area contributed by atoms with Crippen molar-refractivity contribution in [3.63, 3.8) is 0 Å². The first kappa shape index (κ1) is 17.6. The number of halogens is 1. The number of allylic oxidation sites excluding steroid dienone is 1. The van der Waals surface area contributed by atoms with E-state index >= 15 is 0 Å². The number of Topliss-reactive ketones (excluding diaryl/α,β-unsaturated/α-hetero) is 1. The molecule has 1 aromatic rings. The van der Waals surface area contributed by atoms with Gasteiger partial charge in [0, 0.05) is 11.6 Å². The van der Waals surface area contributed by atoms with E-state index < -0.39 is 41.1 Å².